The van der Waals surface area contributed by atoms with Gasteiger partial charge in [0.1, 0.15) is 11.4 Å². The molecule has 0 spiro atoms. The molecule has 0 saturated carbocycles. The number of amides is 1. The lowest BCUT2D eigenvalue weighted by molar-refractivity contribution is 0.0527. The highest BCUT2D eigenvalue weighted by atomic mass is 127. The highest BCUT2D eigenvalue weighted by Crippen LogP contribution is 2.19. The van der Waals surface area contributed by atoms with Crippen LogP contribution in [-0.2, 0) is 4.74 Å². The Hall–Kier alpha value is -1.62. The number of carbonyl (C=O) groups is 1. The van der Waals surface area contributed by atoms with Gasteiger partial charge in [0.25, 0.3) is 0 Å². The molecule has 0 aliphatic rings. The van der Waals surface area contributed by atoms with Gasteiger partial charge < -0.3 is 25.6 Å². The lowest BCUT2D eigenvalue weighted by Crippen LogP contribution is -2.40. The summed E-state index contributed by atoms with van der Waals surface area (Å²) in [5, 5.41) is 9.19. The summed E-state index contributed by atoms with van der Waals surface area (Å²) < 4.78 is 18.8. The van der Waals surface area contributed by atoms with E-state index in [0.29, 0.717) is 25.6 Å². The smallest absolute Gasteiger partial charge is 0.407 e. The largest absolute Gasteiger partial charge is 0.444 e. The molecule has 0 radical (unpaired) electrons. The number of halogens is 2. The van der Waals surface area contributed by atoms with Crippen LogP contribution >= 0.6 is 24.0 Å². The van der Waals surface area contributed by atoms with Gasteiger partial charge in [0.05, 0.1) is 12.6 Å². The maximum atomic E-state index is 13.6. The van der Waals surface area contributed by atoms with Crippen LogP contribution in [0.1, 0.15) is 45.7 Å². The summed E-state index contributed by atoms with van der Waals surface area (Å²) in [6.07, 6.45) is 0.312. The third-order valence-corrected chi connectivity index (χ3v) is 3.94. The van der Waals surface area contributed by atoms with E-state index < -0.39 is 11.7 Å². The molecule has 9 heteroatoms. The van der Waals surface area contributed by atoms with E-state index >= 15 is 0 Å². The van der Waals surface area contributed by atoms with E-state index in [1.807, 2.05) is 52.8 Å². The van der Waals surface area contributed by atoms with Crippen LogP contribution in [0.4, 0.5) is 9.18 Å². The van der Waals surface area contributed by atoms with Gasteiger partial charge in [0, 0.05) is 19.6 Å². The summed E-state index contributed by atoms with van der Waals surface area (Å²) in [4.78, 5) is 18.3. The first-order valence-corrected chi connectivity index (χ1v) is 10.0. The van der Waals surface area contributed by atoms with Crippen molar-refractivity contribution in [3.63, 3.8) is 0 Å². The van der Waals surface area contributed by atoms with Gasteiger partial charge >= 0.3 is 6.09 Å². The van der Waals surface area contributed by atoms with Crippen LogP contribution in [0.5, 0.6) is 0 Å². The molecule has 0 saturated heterocycles. The summed E-state index contributed by atoms with van der Waals surface area (Å²) in [7, 11) is 3.90. The number of aliphatic imine (C=N–C) groups is 1. The van der Waals surface area contributed by atoms with E-state index in [1.54, 1.807) is 12.1 Å². The molecule has 1 unspecified atom stereocenters. The van der Waals surface area contributed by atoms with Gasteiger partial charge in [0.15, 0.2) is 5.96 Å². The molecule has 1 aromatic rings. The van der Waals surface area contributed by atoms with Gasteiger partial charge in [-0.05, 0) is 65.9 Å². The van der Waals surface area contributed by atoms with Gasteiger partial charge in [-0.1, -0.05) is 12.1 Å². The molecule has 1 aromatic carbocycles. The SMILES string of the molecule is CCNC(=NCC(c1cccc(F)c1)N(C)C)NCCCNC(=O)OC(C)(C)C.I. The number of rotatable bonds is 9. The standard InChI is InChI=1S/C21H36FN5O2.HI/c1-7-23-19(24-12-9-13-25-20(28)29-21(2,3)4)26-15-18(27(5)6)16-10-8-11-17(22)14-16;/h8,10-11,14,18H,7,9,12-13,15H2,1-6H3,(H,25,28)(H2,23,24,26);1H. The fraction of sp³-hybridized carbons (Fsp3) is 0.619. The molecule has 0 heterocycles. The number of hydrogen-bond acceptors (Lipinski definition) is 4. The molecule has 0 aliphatic heterocycles. The van der Waals surface area contributed by atoms with Crippen molar-refractivity contribution in [2.45, 2.75) is 45.8 Å². The van der Waals surface area contributed by atoms with E-state index in [9.17, 15) is 9.18 Å². The molecular weight excluding hydrogens is 500 g/mol. The molecule has 0 aromatic heterocycles. The van der Waals surface area contributed by atoms with E-state index in [4.69, 9.17) is 4.74 Å². The Labute approximate surface area is 197 Å². The molecule has 1 amide bonds. The van der Waals surface area contributed by atoms with Crippen molar-refractivity contribution in [3.8, 4) is 0 Å². The summed E-state index contributed by atoms with van der Waals surface area (Å²) in [6.45, 7) is 9.86. The number of nitrogens with zero attached hydrogens (tertiary/aromatic N) is 2. The Morgan fingerprint density at radius 3 is 2.43 bits per heavy atom. The Morgan fingerprint density at radius 2 is 1.87 bits per heavy atom. The number of alkyl carbamates (subject to hydrolysis) is 1. The first-order valence-electron chi connectivity index (χ1n) is 10.0. The topological polar surface area (TPSA) is 78.0 Å². The lowest BCUT2D eigenvalue weighted by atomic mass is 10.1. The van der Waals surface area contributed by atoms with Crippen LogP contribution in [0, 0.1) is 5.82 Å². The van der Waals surface area contributed by atoms with Gasteiger partial charge in [-0.2, -0.15) is 0 Å². The average molecular weight is 537 g/mol. The third kappa shape index (κ3) is 12.2. The maximum Gasteiger partial charge on any atom is 0.407 e. The second-order valence-electron chi connectivity index (χ2n) is 7.96. The Morgan fingerprint density at radius 1 is 1.20 bits per heavy atom. The predicted octanol–water partition coefficient (Wildman–Crippen LogP) is 3.52. The number of hydrogen-bond donors (Lipinski definition) is 3. The first kappa shape index (κ1) is 28.4. The molecule has 0 bridgehead atoms. The minimum atomic E-state index is -0.502. The molecular formula is C21H37FIN5O2. The van der Waals surface area contributed by atoms with Crippen molar-refractivity contribution >= 4 is 36.0 Å². The molecule has 0 fully saturated rings. The molecule has 172 valence electrons. The Kier molecular flexibility index (Phi) is 13.6. The van der Waals surface area contributed by atoms with Crippen LogP contribution < -0.4 is 16.0 Å². The number of carbonyl (C=O) groups excluding carboxylic acids is 1. The zero-order valence-electron chi connectivity index (χ0n) is 18.9. The van der Waals surface area contributed by atoms with E-state index in [1.165, 1.54) is 6.07 Å². The van der Waals surface area contributed by atoms with E-state index in [2.05, 4.69) is 20.9 Å². The molecule has 7 nitrogen and oxygen atoms in total. The number of nitrogens with one attached hydrogen (secondary N) is 3. The molecule has 1 rings (SSSR count). The zero-order chi connectivity index (χ0) is 21.9. The number of guanidine groups is 1. The highest BCUT2D eigenvalue weighted by molar-refractivity contribution is 14.0. The van der Waals surface area contributed by atoms with Gasteiger partial charge in [-0.3, -0.25) is 4.99 Å². The predicted molar refractivity (Wildman–Crippen MR) is 131 cm³/mol. The van der Waals surface area contributed by atoms with Crippen molar-refractivity contribution in [2.75, 3.05) is 40.3 Å². The average Bonchev–Trinajstić information content (AvgIpc) is 2.59. The summed E-state index contributed by atoms with van der Waals surface area (Å²) in [6, 6.07) is 6.58. The van der Waals surface area contributed by atoms with E-state index in [0.717, 1.165) is 18.5 Å². The normalized spacial score (nSPS) is 12.7. The van der Waals surface area contributed by atoms with Crippen molar-refractivity contribution < 1.29 is 13.9 Å². The minimum absolute atomic E-state index is 0. The second-order valence-corrected chi connectivity index (χ2v) is 7.96. The maximum absolute atomic E-state index is 13.6. The van der Waals surface area contributed by atoms with Crippen LogP contribution in [0.25, 0.3) is 0 Å². The molecule has 3 N–H and O–H groups in total. The fourth-order valence-corrected chi connectivity index (χ4v) is 2.60. The summed E-state index contributed by atoms with van der Waals surface area (Å²) in [5.74, 6) is 0.439. The molecule has 30 heavy (non-hydrogen) atoms. The lowest BCUT2D eigenvalue weighted by Gasteiger charge is -2.24. The second kappa shape index (κ2) is 14.4. The van der Waals surface area contributed by atoms with E-state index in [-0.39, 0.29) is 35.8 Å². The fourth-order valence-electron chi connectivity index (χ4n) is 2.60. The van der Waals surface area contributed by atoms with Crippen molar-refractivity contribution in [2.24, 2.45) is 4.99 Å². The zero-order valence-corrected chi connectivity index (χ0v) is 21.2. The monoisotopic (exact) mass is 537 g/mol. The van der Waals surface area contributed by atoms with Crippen LogP contribution in [0.2, 0.25) is 0 Å². The Bertz CT molecular complexity index is 665. The van der Waals surface area contributed by atoms with Crippen molar-refractivity contribution in [1.82, 2.24) is 20.9 Å². The number of likely N-dealkylation sites (N-methyl/N-ethyl adjacent to an activating group) is 1. The first-order chi connectivity index (χ1) is 13.6. The summed E-state index contributed by atoms with van der Waals surface area (Å²) >= 11 is 0. The quantitative estimate of drug-likeness (QED) is 0.195. The van der Waals surface area contributed by atoms with Gasteiger partial charge in [0.2, 0.25) is 0 Å². The van der Waals surface area contributed by atoms with Gasteiger partial charge in [-0.15, -0.1) is 24.0 Å². The highest BCUT2D eigenvalue weighted by Gasteiger charge is 2.16. The third-order valence-electron chi connectivity index (χ3n) is 3.94. The van der Waals surface area contributed by atoms with Crippen molar-refractivity contribution in [1.29, 1.82) is 0 Å². The van der Waals surface area contributed by atoms with Gasteiger partial charge in [-0.25, -0.2) is 9.18 Å². The molecule has 0 aliphatic carbocycles. The number of benzene rings is 1. The summed E-state index contributed by atoms with van der Waals surface area (Å²) in [5.41, 5.74) is 0.383. The number of ether oxygens (including phenoxy) is 1. The van der Waals surface area contributed by atoms with Crippen LogP contribution in [0.15, 0.2) is 29.3 Å². The Balaban J connectivity index is 0.00000841. The van der Waals surface area contributed by atoms with Crippen LogP contribution in [-0.4, -0.2) is 62.8 Å². The minimum Gasteiger partial charge on any atom is -0.444 e. The van der Waals surface area contributed by atoms with Crippen LogP contribution in [0.3, 0.4) is 0 Å². The molecule has 1 atom stereocenters. The van der Waals surface area contributed by atoms with Crippen molar-refractivity contribution in [3.05, 3.63) is 35.6 Å².